The van der Waals surface area contributed by atoms with Crippen LogP contribution in [0.5, 0.6) is 5.75 Å². The van der Waals surface area contributed by atoms with Crippen molar-refractivity contribution < 1.29 is 9.53 Å². The molecule has 0 aromatic heterocycles. The number of carbonyl (C=O) groups excluding carboxylic acids is 1. The zero-order valence-corrected chi connectivity index (χ0v) is 16.9. The van der Waals surface area contributed by atoms with E-state index in [1.165, 1.54) is 31.5 Å². The van der Waals surface area contributed by atoms with E-state index in [9.17, 15) is 4.79 Å². The summed E-state index contributed by atoms with van der Waals surface area (Å²) in [6, 6.07) is 22.5. The maximum absolute atomic E-state index is 12.5. The number of likely N-dealkylation sites (tertiary alicyclic amines) is 1. The Balaban J connectivity index is 1.30. The highest BCUT2D eigenvalue weighted by Gasteiger charge is 2.16. The number of ether oxygens (including phenoxy) is 1. The Bertz CT molecular complexity index is 957. The predicted octanol–water partition coefficient (Wildman–Crippen LogP) is 4.52. The first-order valence-corrected chi connectivity index (χ1v) is 10.4. The van der Waals surface area contributed by atoms with Crippen LogP contribution < -0.4 is 10.1 Å². The predicted molar refractivity (Wildman–Crippen MR) is 117 cm³/mol. The van der Waals surface area contributed by atoms with Crippen molar-refractivity contribution in [2.75, 3.05) is 13.1 Å². The fourth-order valence-electron chi connectivity index (χ4n) is 3.84. The summed E-state index contributed by atoms with van der Waals surface area (Å²) < 4.78 is 5.95. The summed E-state index contributed by atoms with van der Waals surface area (Å²) in [7, 11) is 0. The van der Waals surface area contributed by atoms with Gasteiger partial charge in [0.2, 0.25) is 0 Å². The summed E-state index contributed by atoms with van der Waals surface area (Å²) in [5, 5.41) is 5.11. The van der Waals surface area contributed by atoms with Crippen LogP contribution in [0.1, 0.15) is 30.9 Å². The van der Waals surface area contributed by atoms with Gasteiger partial charge in [-0.25, -0.2) is 0 Å². The number of amides is 1. The highest BCUT2D eigenvalue weighted by Crippen LogP contribution is 2.26. The van der Waals surface area contributed by atoms with E-state index in [4.69, 9.17) is 4.74 Å². The number of hydrogen-bond donors (Lipinski definition) is 1. The molecule has 1 atom stereocenters. The minimum atomic E-state index is -0.560. The highest BCUT2D eigenvalue weighted by atomic mass is 16.5. The molecule has 1 N–H and O–H groups in total. The lowest BCUT2D eigenvalue weighted by atomic mass is 10.1. The number of benzene rings is 3. The van der Waals surface area contributed by atoms with Crippen LogP contribution in [0.3, 0.4) is 0 Å². The SMILES string of the molecule is CC(Oc1cccc2ccccc12)C(=O)NCc1ccc(CN2CCCC2)cc1. The molecule has 1 heterocycles. The Hall–Kier alpha value is -2.85. The van der Waals surface area contributed by atoms with Crippen LogP contribution in [0.15, 0.2) is 66.7 Å². The molecule has 4 nitrogen and oxygen atoms in total. The Morgan fingerprint density at radius 2 is 1.66 bits per heavy atom. The molecule has 1 unspecified atom stereocenters. The van der Waals surface area contributed by atoms with Gasteiger partial charge >= 0.3 is 0 Å². The molecule has 0 bridgehead atoms. The lowest BCUT2D eigenvalue weighted by Crippen LogP contribution is -2.35. The molecule has 4 rings (SSSR count). The molecule has 1 amide bonds. The highest BCUT2D eigenvalue weighted by molar-refractivity contribution is 5.89. The number of nitrogens with one attached hydrogen (secondary N) is 1. The molecule has 0 aliphatic carbocycles. The van der Waals surface area contributed by atoms with Crippen LogP contribution in [-0.2, 0) is 17.9 Å². The molecule has 1 fully saturated rings. The molecule has 0 spiro atoms. The number of nitrogens with zero attached hydrogens (tertiary/aromatic N) is 1. The maximum Gasteiger partial charge on any atom is 0.261 e. The zero-order valence-electron chi connectivity index (χ0n) is 16.9. The molecule has 4 heteroatoms. The van der Waals surface area contributed by atoms with E-state index in [0.29, 0.717) is 6.54 Å². The molecule has 1 saturated heterocycles. The van der Waals surface area contributed by atoms with Crippen LogP contribution >= 0.6 is 0 Å². The van der Waals surface area contributed by atoms with Crippen molar-refractivity contribution >= 4 is 16.7 Å². The maximum atomic E-state index is 12.5. The standard InChI is InChI=1S/C25H28N2O2/c1-19(29-24-10-6-8-22-7-2-3-9-23(22)24)25(28)26-17-20-11-13-21(14-12-20)18-27-15-4-5-16-27/h2-3,6-14,19H,4-5,15-18H2,1H3,(H,26,28). The van der Waals surface area contributed by atoms with Crippen LogP contribution in [0.4, 0.5) is 0 Å². The average Bonchev–Trinajstić information content (AvgIpc) is 3.26. The summed E-state index contributed by atoms with van der Waals surface area (Å²) in [5.74, 6) is 0.621. The van der Waals surface area contributed by atoms with Crippen molar-refractivity contribution in [1.82, 2.24) is 10.2 Å². The summed E-state index contributed by atoms with van der Waals surface area (Å²) in [5.41, 5.74) is 2.43. The van der Waals surface area contributed by atoms with Gasteiger partial charge in [0, 0.05) is 18.5 Å². The lowest BCUT2D eigenvalue weighted by Gasteiger charge is -2.17. The number of hydrogen-bond acceptors (Lipinski definition) is 3. The van der Waals surface area contributed by atoms with Gasteiger partial charge in [0.25, 0.3) is 5.91 Å². The number of carbonyl (C=O) groups is 1. The molecular weight excluding hydrogens is 360 g/mol. The van der Waals surface area contributed by atoms with Crippen LogP contribution in [-0.4, -0.2) is 30.0 Å². The van der Waals surface area contributed by atoms with Gasteiger partial charge in [0.05, 0.1) is 0 Å². The van der Waals surface area contributed by atoms with Gasteiger partial charge < -0.3 is 10.1 Å². The quantitative estimate of drug-likeness (QED) is 0.647. The first-order valence-electron chi connectivity index (χ1n) is 10.4. The molecule has 3 aromatic rings. The van der Waals surface area contributed by atoms with Gasteiger partial charge in [-0.15, -0.1) is 0 Å². The molecule has 3 aromatic carbocycles. The van der Waals surface area contributed by atoms with Crippen molar-refractivity contribution in [1.29, 1.82) is 0 Å². The van der Waals surface area contributed by atoms with Crippen LogP contribution in [0.25, 0.3) is 10.8 Å². The molecule has 150 valence electrons. The number of rotatable bonds is 7. The summed E-state index contributed by atoms with van der Waals surface area (Å²) in [6.45, 7) is 5.71. The van der Waals surface area contributed by atoms with E-state index in [2.05, 4.69) is 34.5 Å². The second-order valence-electron chi connectivity index (χ2n) is 7.75. The third-order valence-corrected chi connectivity index (χ3v) is 5.52. The molecule has 1 aliphatic heterocycles. The van der Waals surface area contributed by atoms with Gasteiger partial charge in [-0.05, 0) is 55.4 Å². The third-order valence-electron chi connectivity index (χ3n) is 5.52. The van der Waals surface area contributed by atoms with Crippen LogP contribution in [0, 0.1) is 0 Å². The second-order valence-corrected chi connectivity index (χ2v) is 7.75. The Kier molecular flexibility index (Phi) is 6.11. The first kappa shape index (κ1) is 19.5. The largest absolute Gasteiger partial charge is 0.480 e. The zero-order chi connectivity index (χ0) is 20.1. The van der Waals surface area contributed by atoms with E-state index in [1.54, 1.807) is 6.92 Å². The fraction of sp³-hybridized carbons (Fsp3) is 0.320. The van der Waals surface area contributed by atoms with E-state index in [1.807, 2.05) is 42.5 Å². The van der Waals surface area contributed by atoms with Crippen molar-refractivity contribution in [2.45, 2.75) is 39.0 Å². The van der Waals surface area contributed by atoms with E-state index in [-0.39, 0.29) is 5.91 Å². The van der Waals surface area contributed by atoms with Crippen molar-refractivity contribution in [2.24, 2.45) is 0 Å². The topological polar surface area (TPSA) is 41.6 Å². The Labute approximate surface area is 172 Å². The lowest BCUT2D eigenvalue weighted by molar-refractivity contribution is -0.127. The van der Waals surface area contributed by atoms with Gasteiger partial charge in [-0.1, -0.05) is 60.7 Å². The molecule has 0 saturated carbocycles. The summed E-state index contributed by atoms with van der Waals surface area (Å²) in [4.78, 5) is 15.0. The van der Waals surface area contributed by atoms with Gasteiger partial charge in [0.1, 0.15) is 5.75 Å². The molecule has 1 aliphatic rings. The van der Waals surface area contributed by atoms with E-state index < -0.39 is 6.10 Å². The van der Waals surface area contributed by atoms with Crippen molar-refractivity contribution in [3.05, 3.63) is 77.9 Å². The van der Waals surface area contributed by atoms with Gasteiger partial charge in [0.15, 0.2) is 6.10 Å². The van der Waals surface area contributed by atoms with Crippen molar-refractivity contribution in [3.63, 3.8) is 0 Å². The Morgan fingerprint density at radius 3 is 2.45 bits per heavy atom. The minimum absolute atomic E-state index is 0.112. The monoisotopic (exact) mass is 388 g/mol. The number of fused-ring (bicyclic) bond motifs is 1. The van der Waals surface area contributed by atoms with Crippen molar-refractivity contribution in [3.8, 4) is 5.75 Å². The third kappa shape index (κ3) is 4.96. The van der Waals surface area contributed by atoms with Gasteiger partial charge in [-0.3, -0.25) is 9.69 Å². The van der Waals surface area contributed by atoms with E-state index >= 15 is 0 Å². The second kappa shape index (κ2) is 9.10. The molecule has 0 radical (unpaired) electrons. The molecular formula is C25H28N2O2. The average molecular weight is 389 g/mol. The smallest absolute Gasteiger partial charge is 0.261 e. The van der Waals surface area contributed by atoms with E-state index in [0.717, 1.165) is 28.6 Å². The normalized spacial score (nSPS) is 15.3. The Morgan fingerprint density at radius 1 is 0.966 bits per heavy atom. The summed E-state index contributed by atoms with van der Waals surface area (Å²) >= 11 is 0. The van der Waals surface area contributed by atoms with Crippen LogP contribution in [0.2, 0.25) is 0 Å². The van der Waals surface area contributed by atoms with Gasteiger partial charge in [-0.2, -0.15) is 0 Å². The fourth-order valence-corrected chi connectivity index (χ4v) is 3.84. The first-order chi connectivity index (χ1) is 14.2. The minimum Gasteiger partial charge on any atom is -0.480 e. The summed E-state index contributed by atoms with van der Waals surface area (Å²) in [6.07, 6.45) is 2.06. The molecule has 29 heavy (non-hydrogen) atoms.